The van der Waals surface area contributed by atoms with E-state index in [0.717, 1.165) is 18.2 Å². The number of nitrogens with zero attached hydrogens (tertiary/aromatic N) is 2. The van der Waals surface area contributed by atoms with E-state index in [-0.39, 0.29) is 48.0 Å². The lowest BCUT2D eigenvalue weighted by molar-refractivity contribution is -0.124. The zero-order valence-corrected chi connectivity index (χ0v) is 16.1. The molecule has 1 aromatic heterocycles. The van der Waals surface area contributed by atoms with Crippen molar-refractivity contribution in [2.45, 2.75) is 31.3 Å². The average molecular weight is 411 g/mol. The predicted molar refractivity (Wildman–Crippen MR) is 107 cm³/mol. The van der Waals surface area contributed by atoms with Crippen molar-refractivity contribution in [1.82, 2.24) is 20.8 Å². The largest absolute Gasteiger partial charge is 0.369 e. The van der Waals surface area contributed by atoms with Gasteiger partial charge < -0.3 is 16.4 Å². The van der Waals surface area contributed by atoms with E-state index in [4.69, 9.17) is 5.73 Å². The third-order valence-corrected chi connectivity index (χ3v) is 6.33. The molecular weight excluding hydrogens is 389 g/mol. The highest BCUT2D eigenvalue weighted by atomic mass is 19.1. The SMILES string of the molecule is NC(=O)[C@H]1[C@H]2C[C@H]3[C@H]1Nc1nc(ncc1F)Nc1cccc(c1)CC(=O)NN[C@@H]3C2. The van der Waals surface area contributed by atoms with Gasteiger partial charge in [-0.1, -0.05) is 12.1 Å². The Labute approximate surface area is 172 Å². The van der Waals surface area contributed by atoms with Crippen LogP contribution in [0.25, 0.3) is 0 Å². The van der Waals surface area contributed by atoms with Gasteiger partial charge in [0.15, 0.2) is 11.6 Å². The Bertz CT molecular complexity index is 1020. The molecule has 9 nitrogen and oxygen atoms in total. The first-order valence-electron chi connectivity index (χ1n) is 9.96. The topological polar surface area (TPSA) is 134 Å². The predicted octanol–water partition coefficient (Wildman–Crippen LogP) is 0.827. The van der Waals surface area contributed by atoms with E-state index < -0.39 is 17.6 Å². The van der Waals surface area contributed by atoms with E-state index in [1.165, 1.54) is 0 Å². The van der Waals surface area contributed by atoms with Crippen LogP contribution in [-0.4, -0.2) is 33.9 Å². The van der Waals surface area contributed by atoms with Crippen molar-refractivity contribution in [3.05, 3.63) is 41.8 Å². The molecule has 5 atom stereocenters. The number of carbonyl (C=O) groups excluding carboxylic acids is 2. The number of carbonyl (C=O) groups is 2. The summed E-state index contributed by atoms with van der Waals surface area (Å²) in [5.74, 6) is -1.33. The molecule has 1 aliphatic heterocycles. The number of benzene rings is 1. The first kappa shape index (κ1) is 18.7. The summed E-state index contributed by atoms with van der Waals surface area (Å²) in [5.41, 5.74) is 13.1. The average Bonchev–Trinajstić information content (AvgIpc) is 3.27. The third kappa shape index (κ3) is 3.32. The summed E-state index contributed by atoms with van der Waals surface area (Å²) in [6.45, 7) is 0. The summed E-state index contributed by atoms with van der Waals surface area (Å²) >= 11 is 0. The molecule has 2 aromatic rings. The molecule has 0 unspecified atom stereocenters. The molecular formula is C20H22FN7O2. The molecule has 3 aliphatic rings. The van der Waals surface area contributed by atoms with E-state index in [2.05, 4.69) is 31.5 Å². The second-order valence-corrected chi connectivity index (χ2v) is 8.18. The van der Waals surface area contributed by atoms with Gasteiger partial charge in [-0.2, -0.15) is 4.98 Å². The number of halogens is 1. The van der Waals surface area contributed by atoms with Gasteiger partial charge in [0.05, 0.1) is 18.5 Å². The number of hydrogen-bond acceptors (Lipinski definition) is 7. The maximum absolute atomic E-state index is 14.5. The normalized spacial score (nSPS) is 29.8. The fourth-order valence-electron chi connectivity index (χ4n) is 5.11. The van der Waals surface area contributed by atoms with Crippen LogP contribution >= 0.6 is 0 Å². The van der Waals surface area contributed by atoms with Gasteiger partial charge in [-0.25, -0.2) is 14.8 Å². The third-order valence-electron chi connectivity index (χ3n) is 6.33. The first-order chi connectivity index (χ1) is 14.5. The minimum Gasteiger partial charge on any atom is -0.369 e. The van der Waals surface area contributed by atoms with Gasteiger partial charge in [0.1, 0.15) is 0 Å². The number of amides is 2. The lowest BCUT2D eigenvalue weighted by Gasteiger charge is -2.35. The lowest BCUT2D eigenvalue weighted by Crippen LogP contribution is -2.54. The van der Waals surface area contributed by atoms with E-state index in [9.17, 15) is 14.0 Å². The summed E-state index contributed by atoms with van der Waals surface area (Å²) in [6.07, 6.45) is 2.76. The Morgan fingerprint density at radius 3 is 2.97 bits per heavy atom. The van der Waals surface area contributed by atoms with Crippen LogP contribution in [0.1, 0.15) is 18.4 Å². The Balaban J connectivity index is 1.53. The molecule has 6 N–H and O–H groups in total. The van der Waals surface area contributed by atoms with Crippen LogP contribution in [0.15, 0.2) is 30.5 Å². The van der Waals surface area contributed by atoms with Crippen LogP contribution in [0, 0.1) is 23.6 Å². The minimum atomic E-state index is -0.609. The van der Waals surface area contributed by atoms with Crippen LogP contribution in [0.2, 0.25) is 0 Å². The number of hydrazine groups is 1. The Hall–Kier alpha value is -3.27. The second kappa shape index (κ2) is 7.21. The monoisotopic (exact) mass is 411 g/mol. The van der Waals surface area contributed by atoms with E-state index in [0.29, 0.717) is 12.1 Å². The van der Waals surface area contributed by atoms with Gasteiger partial charge >= 0.3 is 0 Å². The van der Waals surface area contributed by atoms with Crippen LogP contribution in [0.4, 0.5) is 21.8 Å². The fourth-order valence-corrected chi connectivity index (χ4v) is 5.11. The summed E-state index contributed by atoms with van der Waals surface area (Å²) in [5, 5.41) is 6.15. The molecule has 2 amide bonds. The highest BCUT2D eigenvalue weighted by Gasteiger charge is 2.55. The quantitative estimate of drug-likeness (QED) is 0.469. The van der Waals surface area contributed by atoms with Gasteiger partial charge in [0.2, 0.25) is 17.8 Å². The maximum atomic E-state index is 14.5. The van der Waals surface area contributed by atoms with Crippen LogP contribution in [-0.2, 0) is 16.0 Å². The van der Waals surface area contributed by atoms with Gasteiger partial charge in [-0.15, -0.1) is 0 Å². The van der Waals surface area contributed by atoms with Gasteiger partial charge in [0, 0.05) is 17.8 Å². The summed E-state index contributed by atoms with van der Waals surface area (Å²) in [7, 11) is 0. The molecule has 2 saturated carbocycles. The van der Waals surface area contributed by atoms with Crippen LogP contribution < -0.4 is 27.2 Å². The molecule has 6 bridgehead atoms. The number of aromatic nitrogens is 2. The van der Waals surface area contributed by atoms with Crippen molar-refractivity contribution in [2.75, 3.05) is 10.6 Å². The van der Waals surface area contributed by atoms with E-state index in [1.807, 2.05) is 24.3 Å². The highest BCUT2D eigenvalue weighted by molar-refractivity contribution is 5.80. The number of hydrogen-bond donors (Lipinski definition) is 5. The van der Waals surface area contributed by atoms with Gasteiger partial charge in [0.25, 0.3) is 0 Å². The molecule has 156 valence electrons. The first-order valence-corrected chi connectivity index (χ1v) is 9.96. The minimum absolute atomic E-state index is 0.00949. The van der Waals surface area contributed by atoms with E-state index >= 15 is 0 Å². The van der Waals surface area contributed by atoms with Gasteiger partial charge in [-0.05, 0) is 42.4 Å². The smallest absolute Gasteiger partial charge is 0.238 e. The number of nitrogens with two attached hydrogens (primary N) is 1. The Morgan fingerprint density at radius 2 is 2.13 bits per heavy atom. The van der Waals surface area contributed by atoms with E-state index in [1.54, 1.807) is 0 Å². The number of anilines is 3. The summed E-state index contributed by atoms with van der Waals surface area (Å²) < 4.78 is 14.5. The Morgan fingerprint density at radius 1 is 1.27 bits per heavy atom. The van der Waals surface area contributed by atoms with Crippen molar-refractivity contribution >= 4 is 29.3 Å². The fraction of sp³-hybridized carbons (Fsp3) is 0.400. The van der Waals surface area contributed by atoms with Crippen LogP contribution in [0.5, 0.6) is 0 Å². The maximum Gasteiger partial charge on any atom is 0.238 e. The van der Waals surface area contributed by atoms with Crippen molar-refractivity contribution < 1.29 is 14.0 Å². The lowest BCUT2D eigenvalue weighted by atomic mass is 9.81. The molecule has 5 rings (SSSR count). The summed E-state index contributed by atoms with van der Waals surface area (Å²) in [6, 6.07) is 6.86. The molecule has 0 radical (unpaired) electrons. The van der Waals surface area contributed by atoms with Crippen molar-refractivity contribution in [1.29, 1.82) is 0 Å². The van der Waals surface area contributed by atoms with Crippen molar-refractivity contribution in [2.24, 2.45) is 23.5 Å². The zero-order valence-electron chi connectivity index (χ0n) is 16.1. The van der Waals surface area contributed by atoms with Crippen molar-refractivity contribution in [3.63, 3.8) is 0 Å². The number of rotatable bonds is 1. The Kier molecular flexibility index (Phi) is 4.50. The molecule has 10 heteroatoms. The molecule has 0 spiro atoms. The molecule has 1 aromatic carbocycles. The molecule has 2 heterocycles. The number of primary amides is 1. The second-order valence-electron chi connectivity index (χ2n) is 8.18. The highest BCUT2D eigenvalue weighted by Crippen LogP contribution is 2.49. The molecule has 0 saturated heterocycles. The summed E-state index contributed by atoms with van der Waals surface area (Å²) in [4.78, 5) is 32.8. The van der Waals surface area contributed by atoms with Gasteiger partial charge in [-0.3, -0.25) is 15.0 Å². The number of nitrogens with one attached hydrogen (secondary N) is 4. The molecule has 2 aliphatic carbocycles. The zero-order chi connectivity index (χ0) is 20.8. The van der Waals surface area contributed by atoms with Crippen molar-refractivity contribution in [3.8, 4) is 0 Å². The van der Waals surface area contributed by atoms with Crippen LogP contribution in [0.3, 0.4) is 0 Å². The number of fused-ring (bicyclic) bond motifs is 5. The standard InChI is InChI=1S/C20H22FN7O2/c21-13-8-23-20-24-11-3-1-2-9(4-11)5-15(29)28-27-14-7-10-6-12(14)17(16(10)18(22)30)25-19(13)26-20/h1-4,8,10,12,14,16-17,27H,5-7H2,(H2,22,30)(H,28,29)(H2,23,24,25,26)/t10-,12+,14+,16-,17+/m0/s1. The molecule has 30 heavy (non-hydrogen) atoms. The molecule has 2 fully saturated rings.